The number of carbonyl (C=O) groups is 3. The molecule has 0 spiro atoms. The topological polar surface area (TPSA) is 72.9 Å². The summed E-state index contributed by atoms with van der Waals surface area (Å²) in [5.41, 5.74) is 3.30. The van der Waals surface area contributed by atoms with Crippen molar-refractivity contribution in [3.8, 4) is 0 Å². The number of thioether (sulfide) groups is 2. The van der Waals surface area contributed by atoms with E-state index in [1.807, 2.05) is 32.0 Å². The highest BCUT2D eigenvalue weighted by atomic mass is 32.2. The second kappa shape index (κ2) is 8.33. The molecule has 0 saturated heterocycles. The summed E-state index contributed by atoms with van der Waals surface area (Å²) in [7, 11) is 2.52. The Labute approximate surface area is 182 Å². The zero-order valence-corrected chi connectivity index (χ0v) is 19.0. The van der Waals surface area contributed by atoms with Gasteiger partial charge in [-0.1, -0.05) is 47.9 Å². The second-order valence-electron chi connectivity index (χ2n) is 6.46. The van der Waals surface area contributed by atoms with Crippen LogP contribution in [0.2, 0.25) is 0 Å². The Morgan fingerprint density at radius 3 is 2.10 bits per heavy atom. The second-order valence-corrected chi connectivity index (χ2v) is 9.20. The molecule has 3 rings (SSSR count). The van der Waals surface area contributed by atoms with Gasteiger partial charge in [-0.05, 0) is 25.5 Å². The van der Waals surface area contributed by atoms with Crippen LogP contribution >= 0.6 is 35.7 Å². The minimum Gasteiger partial charge on any atom is -0.465 e. The van der Waals surface area contributed by atoms with E-state index in [1.54, 1.807) is 4.90 Å². The van der Waals surface area contributed by atoms with Gasteiger partial charge in [-0.15, -0.1) is 0 Å². The van der Waals surface area contributed by atoms with Crippen molar-refractivity contribution in [3.63, 3.8) is 0 Å². The monoisotopic (exact) mass is 449 g/mol. The largest absolute Gasteiger partial charge is 0.465 e. The van der Waals surface area contributed by atoms with E-state index < -0.39 is 11.9 Å². The lowest BCUT2D eigenvalue weighted by atomic mass is 9.91. The number of esters is 2. The average molecular weight is 450 g/mol. The molecule has 0 bridgehead atoms. The van der Waals surface area contributed by atoms with Gasteiger partial charge in [-0.2, -0.15) is 0 Å². The van der Waals surface area contributed by atoms with E-state index in [9.17, 15) is 14.4 Å². The molecule has 1 amide bonds. The lowest BCUT2D eigenvalue weighted by Crippen LogP contribution is -2.45. The van der Waals surface area contributed by atoms with Crippen molar-refractivity contribution < 1.29 is 23.9 Å². The Morgan fingerprint density at radius 1 is 1.07 bits per heavy atom. The fraction of sp³-hybridized carbons (Fsp3) is 0.300. The third kappa shape index (κ3) is 3.74. The zero-order valence-electron chi connectivity index (χ0n) is 16.5. The average Bonchev–Trinajstić information content (AvgIpc) is 3.12. The highest BCUT2D eigenvalue weighted by molar-refractivity contribution is 8.29. The van der Waals surface area contributed by atoms with Crippen LogP contribution in [-0.4, -0.2) is 43.0 Å². The molecule has 1 aromatic carbocycles. The number of ether oxygens (including phenoxy) is 2. The number of carbonyl (C=O) groups excluding carboxylic acids is 3. The standard InChI is InChI=1S/C20H19NO5S3/c1-9-6-7-12-13(8-9)21(11(3)22)10(2)15(27)14(12)20-28-16(18(23)25-4)17(29-20)19(24)26-5/h6-8,10H,1-5H3. The molecule has 152 valence electrons. The van der Waals surface area contributed by atoms with Crippen LogP contribution in [0, 0.1) is 6.92 Å². The first-order chi connectivity index (χ1) is 13.7. The van der Waals surface area contributed by atoms with Crippen LogP contribution in [0.15, 0.2) is 32.2 Å². The molecule has 0 aliphatic carbocycles. The van der Waals surface area contributed by atoms with Gasteiger partial charge in [0.2, 0.25) is 5.91 Å². The van der Waals surface area contributed by atoms with Crippen molar-refractivity contribution in [3.05, 3.63) is 43.4 Å². The van der Waals surface area contributed by atoms with Crippen molar-refractivity contribution in [2.45, 2.75) is 26.8 Å². The molecule has 0 N–H and O–H groups in total. The predicted octanol–water partition coefficient (Wildman–Crippen LogP) is 3.83. The number of rotatable bonds is 2. The van der Waals surface area contributed by atoms with Gasteiger partial charge in [0.05, 0.1) is 30.2 Å². The van der Waals surface area contributed by atoms with Gasteiger partial charge >= 0.3 is 11.9 Å². The van der Waals surface area contributed by atoms with E-state index in [4.69, 9.17) is 21.7 Å². The van der Waals surface area contributed by atoms with E-state index in [1.165, 1.54) is 21.1 Å². The van der Waals surface area contributed by atoms with Crippen LogP contribution in [0.25, 0.3) is 5.57 Å². The summed E-state index contributed by atoms with van der Waals surface area (Å²) < 4.78 is 10.3. The normalized spacial score (nSPS) is 18.7. The van der Waals surface area contributed by atoms with Crippen molar-refractivity contribution in [1.82, 2.24) is 0 Å². The van der Waals surface area contributed by atoms with Crippen LogP contribution in [-0.2, 0) is 23.9 Å². The minimum atomic E-state index is -0.609. The first-order valence-electron chi connectivity index (χ1n) is 8.67. The SMILES string of the molecule is COC(=O)C1=C(C(=O)OC)SC(=C2C(=S)C(C)N(C(C)=O)c3cc(C)ccc32)S1. The maximum atomic E-state index is 12.3. The number of fused-ring (bicyclic) bond motifs is 1. The fourth-order valence-corrected chi connectivity index (χ4v) is 6.29. The number of methoxy groups -OCH3 is 2. The molecular formula is C20H19NO5S3. The maximum Gasteiger partial charge on any atom is 0.346 e. The van der Waals surface area contributed by atoms with Gasteiger partial charge < -0.3 is 14.4 Å². The summed E-state index contributed by atoms with van der Waals surface area (Å²) in [5, 5.41) is 0. The Hall–Kier alpha value is -2.10. The van der Waals surface area contributed by atoms with Gasteiger partial charge in [0, 0.05) is 22.9 Å². The summed E-state index contributed by atoms with van der Waals surface area (Å²) in [4.78, 5) is 39.4. The number of nitrogens with zero attached hydrogens (tertiary/aromatic N) is 1. The molecule has 1 aromatic rings. The first kappa shape index (κ1) is 21.6. The van der Waals surface area contributed by atoms with E-state index in [2.05, 4.69) is 0 Å². The zero-order chi connectivity index (χ0) is 21.5. The molecular weight excluding hydrogens is 430 g/mol. The summed E-state index contributed by atoms with van der Waals surface area (Å²) in [6, 6.07) is 5.45. The number of hydrogen-bond donors (Lipinski definition) is 0. The van der Waals surface area contributed by atoms with Crippen molar-refractivity contribution in [1.29, 1.82) is 0 Å². The molecule has 1 atom stereocenters. The molecule has 2 heterocycles. The van der Waals surface area contributed by atoms with Crippen LogP contribution in [0.3, 0.4) is 0 Å². The summed E-state index contributed by atoms with van der Waals surface area (Å²) in [5.74, 6) is -1.32. The number of aryl methyl sites for hydroxylation is 1. The molecule has 2 aliphatic heterocycles. The molecule has 9 heteroatoms. The van der Waals surface area contributed by atoms with Crippen molar-refractivity contribution in [2.24, 2.45) is 0 Å². The molecule has 0 saturated carbocycles. The van der Waals surface area contributed by atoms with Crippen molar-refractivity contribution >= 4 is 69.7 Å². The number of benzene rings is 1. The van der Waals surface area contributed by atoms with E-state index in [-0.39, 0.29) is 21.8 Å². The molecule has 29 heavy (non-hydrogen) atoms. The predicted molar refractivity (Wildman–Crippen MR) is 120 cm³/mol. The maximum absolute atomic E-state index is 12.3. The third-order valence-corrected chi connectivity index (χ3v) is 7.68. The van der Waals surface area contributed by atoms with E-state index >= 15 is 0 Å². The lowest BCUT2D eigenvalue weighted by molar-refractivity contribution is -0.138. The fourth-order valence-electron chi connectivity index (χ4n) is 3.23. The van der Waals surface area contributed by atoms with Gasteiger partial charge in [-0.3, -0.25) is 4.79 Å². The lowest BCUT2D eigenvalue weighted by Gasteiger charge is -2.37. The van der Waals surface area contributed by atoms with Crippen LogP contribution in [0.4, 0.5) is 5.69 Å². The summed E-state index contributed by atoms with van der Waals surface area (Å²) >= 11 is 8.01. The Balaban J connectivity index is 2.20. The summed E-state index contributed by atoms with van der Waals surface area (Å²) in [6.07, 6.45) is 0. The highest BCUT2D eigenvalue weighted by Gasteiger charge is 2.39. The van der Waals surface area contributed by atoms with Crippen LogP contribution < -0.4 is 4.90 Å². The van der Waals surface area contributed by atoms with Gasteiger partial charge in [-0.25, -0.2) is 9.59 Å². The molecule has 0 aromatic heterocycles. The minimum absolute atomic E-state index is 0.105. The van der Waals surface area contributed by atoms with Gasteiger partial charge in [0.1, 0.15) is 9.81 Å². The Bertz CT molecular complexity index is 981. The quantitative estimate of drug-likeness (QED) is 0.383. The smallest absolute Gasteiger partial charge is 0.346 e. The van der Waals surface area contributed by atoms with Gasteiger partial charge in [0.15, 0.2) is 0 Å². The Morgan fingerprint density at radius 2 is 1.62 bits per heavy atom. The van der Waals surface area contributed by atoms with E-state index in [0.29, 0.717) is 9.10 Å². The first-order valence-corrected chi connectivity index (χ1v) is 10.7. The highest BCUT2D eigenvalue weighted by Crippen LogP contribution is 2.55. The van der Waals surface area contributed by atoms with Crippen LogP contribution in [0.5, 0.6) is 0 Å². The molecule has 6 nitrogen and oxygen atoms in total. The molecule has 2 aliphatic rings. The van der Waals surface area contributed by atoms with Crippen LogP contribution in [0.1, 0.15) is 25.0 Å². The number of hydrogen-bond acceptors (Lipinski definition) is 8. The number of anilines is 1. The van der Waals surface area contributed by atoms with E-state index in [0.717, 1.165) is 45.9 Å². The van der Waals surface area contributed by atoms with Crippen molar-refractivity contribution in [2.75, 3.05) is 19.1 Å². The third-order valence-electron chi connectivity index (χ3n) is 4.58. The molecule has 0 fully saturated rings. The number of thiocarbonyl (C=S) groups is 1. The van der Waals surface area contributed by atoms with Gasteiger partial charge in [0.25, 0.3) is 0 Å². The molecule has 1 unspecified atom stereocenters. The summed E-state index contributed by atoms with van der Waals surface area (Å²) in [6.45, 7) is 5.33. The number of amides is 1. The Kier molecular flexibility index (Phi) is 6.21. The molecule has 0 radical (unpaired) electrons.